The van der Waals surface area contributed by atoms with E-state index >= 15 is 0 Å². The molecule has 1 aromatic heterocycles. The molecule has 0 amide bonds. The van der Waals surface area contributed by atoms with Crippen molar-refractivity contribution in [3.05, 3.63) is 12.4 Å². The van der Waals surface area contributed by atoms with Gasteiger partial charge in [0, 0.05) is 31.5 Å². The molecule has 5 heteroatoms. The van der Waals surface area contributed by atoms with Gasteiger partial charge in [0.1, 0.15) is 0 Å². The Bertz CT molecular complexity index is 486. The molecular formula is C18H30N4O. The molecule has 2 saturated heterocycles. The van der Waals surface area contributed by atoms with Crippen LogP contribution in [0.15, 0.2) is 12.4 Å². The van der Waals surface area contributed by atoms with Crippen LogP contribution in [0.3, 0.4) is 0 Å². The first kappa shape index (κ1) is 16.5. The number of rotatable bonds is 4. The van der Waals surface area contributed by atoms with E-state index in [1.807, 2.05) is 13.8 Å². The minimum Gasteiger partial charge on any atom is -0.472 e. The first-order valence-electron chi connectivity index (χ1n) is 9.20. The molecule has 2 aliphatic rings. The van der Waals surface area contributed by atoms with E-state index in [1.165, 1.54) is 51.6 Å². The summed E-state index contributed by atoms with van der Waals surface area (Å²) in [5.41, 5.74) is 0. The number of piperidine rings is 1. The number of aromatic nitrogens is 2. The van der Waals surface area contributed by atoms with Crippen molar-refractivity contribution in [1.29, 1.82) is 0 Å². The molecule has 128 valence electrons. The third-order valence-corrected chi connectivity index (χ3v) is 4.85. The van der Waals surface area contributed by atoms with Crippen LogP contribution in [0.5, 0.6) is 5.88 Å². The van der Waals surface area contributed by atoms with Crippen molar-refractivity contribution in [2.45, 2.75) is 64.5 Å². The number of hydrogen-bond acceptors (Lipinski definition) is 5. The lowest BCUT2D eigenvalue weighted by Gasteiger charge is -2.39. The fourth-order valence-corrected chi connectivity index (χ4v) is 3.75. The van der Waals surface area contributed by atoms with Gasteiger partial charge >= 0.3 is 0 Å². The van der Waals surface area contributed by atoms with E-state index in [4.69, 9.17) is 4.74 Å². The summed E-state index contributed by atoms with van der Waals surface area (Å²) >= 11 is 0. The molecule has 0 N–H and O–H groups in total. The van der Waals surface area contributed by atoms with Crippen molar-refractivity contribution in [3.8, 4) is 5.88 Å². The lowest BCUT2D eigenvalue weighted by Crippen LogP contribution is -2.48. The number of nitrogens with zero attached hydrogens (tertiary/aromatic N) is 4. The molecule has 1 unspecified atom stereocenters. The maximum absolute atomic E-state index is 5.87. The predicted molar refractivity (Wildman–Crippen MR) is 93.1 cm³/mol. The summed E-state index contributed by atoms with van der Waals surface area (Å²) in [5.74, 6) is 1.60. The summed E-state index contributed by atoms with van der Waals surface area (Å²) in [4.78, 5) is 14.1. The lowest BCUT2D eigenvalue weighted by atomic mass is 10.0. The van der Waals surface area contributed by atoms with E-state index in [9.17, 15) is 0 Å². The zero-order chi connectivity index (χ0) is 16.1. The van der Waals surface area contributed by atoms with Gasteiger partial charge in [0.15, 0.2) is 5.82 Å². The highest BCUT2D eigenvalue weighted by Gasteiger charge is 2.28. The van der Waals surface area contributed by atoms with E-state index in [0.717, 1.165) is 18.9 Å². The van der Waals surface area contributed by atoms with Crippen molar-refractivity contribution in [3.63, 3.8) is 0 Å². The number of anilines is 1. The molecule has 0 saturated carbocycles. The average molecular weight is 318 g/mol. The van der Waals surface area contributed by atoms with Crippen molar-refractivity contribution in [1.82, 2.24) is 14.9 Å². The maximum atomic E-state index is 5.87. The van der Waals surface area contributed by atoms with Gasteiger partial charge in [-0.1, -0.05) is 12.8 Å². The van der Waals surface area contributed by atoms with E-state index in [0.29, 0.717) is 11.9 Å². The summed E-state index contributed by atoms with van der Waals surface area (Å²) in [6, 6.07) is 0.649. The van der Waals surface area contributed by atoms with Gasteiger partial charge in [-0.15, -0.1) is 0 Å². The Hall–Kier alpha value is -1.36. The molecule has 2 fully saturated rings. The van der Waals surface area contributed by atoms with Gasteiger partial charge < -0.3 is 9.64 Å². The number of hydrogen-bond donors (Lipinski definition) is 0. The van der Waals surface area contributed by atoms with E-state index in [1.54, 1.807) is 12.4 Å². The van der Waals surface area contributed by atoms with E-state index in [-0.39, 0.29) is 6.10 Å². The molecule has 5 nitrogen and oxygen atoms in total. The Morgan fingerprint density at radius 1 is 1.00 bits per heavy atom. The van der Waals surface area contributed by atoms with Crippen LogP contribution < -0.4 is 9.64 Å². The Morgan fingerprint density at radius 2 is 1.74 bits per heavy atom. The summed E-state index contributed by atoms with van der Waals surface area (Å²) in [5, 5.41) is 0. The molecule has 1 atom stereocenters. The number of ether oxygens (including phenoxy) is 1. The van der Waals surface area contributed by atoms with Crippen molar-refractivity contribution >= 4 is 5.82 Å². The van der Waals surface area contributed by atoms with Crippen molar-refractivity contribution < 1.29 is 4.74 Å². The third kappa shape index (κ3) is 4.34. The fourth-order valence-electron chi connectivity index (χ4n) is 3.75. The second-order valence-electron chi connectivity index (χ2n) is 7.04. The Labute approximate surface area is 140 Å². The van der Waals surface area contributed by atoms with Crippen LogP contribution in [0.2, 0.25) is 0 Å². The van der Waals surface area contributed by atoms with Gasteiger partial charge in [-0.25, -0.2) is 9.97 Å². The SMILES string of the molecule is CC(C)Oc1nccnc1N1CCCC(N2CCCCCC2)C1. The monoisotopic (exact) mass is 318 g/mol. The largest absolute Gasteiger partial charge is 0.472 e. The van der Waals surface area contributed by atoms with Crippen LogP contribution in [-0.2, 0) is 0 Å². The quantitative estimate of drug-likeness (QED) is 0.853. The van der Waals surface area contributed by atoms with E-state index in [2.05, 4.69) is 19.8 Å². The summed E-state index contributed by atoms with van der Waals surface area (Å²) in [7, 11) is 0. The zero-order valence-electron chi connectivity index (χ0n) is 14.6. The molecule has 0 bridgehead atoms. The highest BCUT2D eigenvalue weighted by molar-refractivity contribution is 5.48. The minimum absolute atomic E-state index is 0.122. The Morgan fingerprint density at radius 3 is 2.48 bits per heavy atom. The molecule has 1 aromatic rings. The normalized spacial score (nSPS) is 23.8. The standard InChI is InChI=1S/C18H30N4O/c1-15(2)23-18-17(19-9-10-20-18)22-13-7-8-16(14-22)21-11-5-3-4-6-12-21/h9-10,15-16H,3-8,11-14H2,1-2H3. The molecule has 3 heterocycles. The fraction of sp³-hybridized carbons (Fsp3) is 0.778. The third-order valence-electron chi connectivity index (χ3n) is 4.85. The second-order valence-corrected chi connectivity index (χ2v) is 7.04. The van der Waals surface area contributed by atoms with Gasteiger partial charge in [-0.3, -0.25) is 4.90 Å². The molecule has 0 aromatic carbocycles. The highest BCUT2D eigenvalue weighted by Crippen LogP contribution is 2.28. The molecule has 0 radical (unpaired) electrons. The van der Waals surface area contributed by atoms with Gasteiger partial charge in [0.25, 0.3) is 5.88 Å². The van der Waals surface area contributed by atoms with Crippen LogP contribution >= 0.6 is 0 Å². The highest BCUT2D eigenvalue weighted by atomic mass is 16.5. The first-order chi connectivity index (χ1) is 11.2. The Balaban J connectivity index is 1.70. The van der Waals surface area contributed by atoms with Crippen molar-refractivity contribution in [2.75, 3.05) is 31.1 Å². The molecule has 0 spiro atoms. The molecule has 2 aliphatic heterocycles. The van der Waals surface area contributed by atoms with Crippen molar-refractivity contribution in [2.24, 2.45) is 0 Å². The smallest absolute Gasteiger partial charge is 0.257 e. The van der Waals surface area contributed by atoms with Gasteiger partial charge in [0.2, 0.25) is 0 Å². The van der Waals surface area contributed by atoms with E-state index < -0.39 is 0 Å². The number of likely N-dealkylation sites (tertiary alicyclic amines) is 1. The minimum atomic E-state index is 0.122. The van der Waals surface area contributed by atoms with Gasteiger partial charge in [0.05, 0.1) is 6.10 Å². The zero-order valence-corrected chi connectivity index (χ0v) is 14.6. The Kier molecular flexibility index (Phi) is 5.70. The van der Waals surface area contributed by atoms with Gasteiger partial charge in [-0.2, -0.15) is 0 Å². The maximum Gasteiger partial charge on any atom is 0.257 e. The van der Waals surface area contributed by atoms with Gasteiger partial charge in [-0.05, 0) is 52.6 Å². The van der Waals surface area contributed by atoms with Crippen LogP contribution in [0.4, 0.5) is 5.82 Å². The van der Waals surface area contributed by atoms with Crippen LogP contribution in [-0.4, -0.2) is 53.2 Å². The average Bonchev–Trinajstić information content (AvgIpc) is 2.84. The summed E-state index contributed by atoms with van der Waals surface area (Å²) < 4.78 is 5.87. The topological polar surface area (TPSA) is 41.5 Å². The second kappa shape index (κ2) is 7.95. The molecule has 0 aliphatic carbocycles. The van der Waals surface area contributed by atoms with Crippen LogP contribution in [0, 0.1) is 0 Å². The predicted octanol–water partition coefficient (Wildman–Crippen LogP) is 3.11. The molecule has 23 heavy (non-hydrogen) atoms. The van der Waals surface area contributed by atoms with Crippen LogP contribution in [0.1, 0.15) is 52.4 Å². The summed E-state index contributed by atoms with van der Waals surface area (Å²) in [6.07, 6.45) is 11.6. The molecular weight excluding hydrogens is 288 g/mol. The first-order valence-corrected chi connectivity index (χ1v) is 9.20. The molecule has 3 rings (SSSR count). The summed E-state index contributed by atoms with van der Waals surface area (Å²) in [6.45, 7) is 8.69. The van der Waals surface area contributed by atoms with Crippen LogP contribution in [0.25, 0.3) is 0 Å². The lowest BCUT2D eigenvalue weighted by molar-refractivity contribution is 0.180.